The van der Waals surface area contributed by atoms with Crippen molar-refractivity contribution < 1.29 is 10.2 Å². The molecular formula is C24H37N3O2. The van der Waals surface area contributed by atoms with Crippen molar-refractivity contribution in [1.82, 2.24) is 0 Å². The molecule has 0 aromatic heterocycles. The lowest BCUT2D eigenvalue weighted by atomic mass is 10.1. The van der Waals surface area contributed by atoms with Gasteiger partial charge in [-0.25, -0.2) is 0 Å². The molecular weight excluding hydrogens is 362 g/mol. The van der Waals surface area contributed by atoms with Gasteiger partial charge in [0.25, 0.3) is 0 Å². The van der Waals surface area contributed by atoms with E-state index in [2.05, 4.69) is 53.3 Å². The number of nitrogens with zero attached hydrogens (tertiary/aromatic N) is 2. The van der Waals surface area contributed by atoms with Crippen molar-refractivity contribution in [2.75, 3.05) is 42.1 Å². The Labute approximate surface area is 175 Å². The third-order valence-electron chi connectivity index (χ3n) is 5.10. The summed E-state index contributed by atoms with van der Waals surface area (Å²) in [6.45, 7) is 4.31. The van der Waals surface area contributed by atoms with Gasteiger partial charge in [0.05, 0.1) is 11.4 Å². The molecule has 0 spiro atoms. The Morgan fingerprint density at radius 1 is 0.759 bits per heavy atom. The van der Waals surface area contributed by atoms with Gasteiger partial charge in [0.2, 0.25) is 0 Å². The molecule has 0 radical (unpaired) electrons. The molecule has 0 fully saturated rings. The van der Waals surface area contributed by atoms with E-state index in [4.69, 9.17) is 10.8 Å². The summed E-state index contributed by atoms with van der Waals surface area (Å²) in [5.74, 6) is 0. The number of aryl methyl sites for hydroxylation is 1. The van der Waals surface area contributed by atoms with Crippen LogP contribution in [-0.4, -0.2) is 36.5 Å². The highest BCUT2D eigenvalue weighted by atomic mass is 16.3. The van der Waals surface area contributed by atoms with Crippen LogP contribution in [0.25, 0.3) is 0 Å². The van der Waals surface area contributed by atoms with Gasteiger partial charge in [-0.1, -0.05) is 31.5 Å². The van der Waals surface area contributed by atoms with Crippen LogP contribution >= 0.6 is 0 Å². The second-order valence-corrected chi connectivity index (χ2v) is 7.43. The summed E-state index contributed by atoms with van der Waals surface area (Å²) in [5, 5.41) is 23.1. The molecule has 0 atom stereocenters. The van der Waals surface area contributed by atoms with Gasteiger partial charge in [0, 0.05) is 32.0 Å². The number of nitrogen functional groups attached to an aromatic ring is 1. The van der Waals surface area contributed by atoms with Crippen molar-refractivity contribution in [2.45, 2.75) is 51.9 Å². The SMILES string of the molecule is CCCc1cc(N(CCCCO)N(CCCCCO)c2ccccc2)ccc1N. The highest BCUT2D eigenvalue weighted by Crippen LogP contribution is 2.27. The topological polar surface area (TPSA) is 73.0 Å². The molecule has 160 valence electrons. The van der Waals surface area contributed by atoms with Gasteiger partial charge in [0.1, 0.15) is 0 Å². The van der Waals surface area contributed by atoms with E-state index in [0.29, 0.717) is 0 Å². The fourth-order valence-corrected chi connectivity index (χ4v) is 3.54. The van der Waals surface area contributed by atoms with E-state index in [1.807, 2.05) is 12.1 Å². The largest absolute Gasteiger partial charge is 0.399 e. The predicted molar refractivity (Wildman–Crippen MR) is 123 cm³/mol. The molecule has 0 aliphatic carbocycles. The first-order chi connectivity index (χ1) is 14.2. The van der Waals surface area contributed by atoms with Crippen LogP contribution in [0.5, 0.6) is 0 Å². The lowest BCUT2D eigenvalue weighted by Crippen LogP contribution is -2.44. The van der Waals surface area contributed by atoms with Gasteiger partial charge in [-0.15, -0.1) is 0 Å². The van der Waals surface area contributed by atoms with Crippen LogP contribution in [0.1, 0.15) is 51.0 Å². The third-order valence-corrected chi connectivity index (χ3v) is 5.10. The highest BCUT2D eigenvalue weighted by Gasteiger charge is 2.18. The molecule has 4 N–H and O–H groups in total. The van der Waals surface area contributed by atoms with Gasteiger partial charge in [-0.05, 0) is 74.4 Å². The molecule has 0 unspecified atom stereocenters. The number of aliphatic hydroxyl groups is 2. The third kappa shape index (κ3) is 7.26. The summed E-state index contributed by atoms with van der Waals surface area (Å²) in [4.78, 5) is 0. The van der Waals surface area contributed by atoms with Crippen LogP contribution in [-0.2, 0) is 6.42 Å². The van der Waals surface area contributed by atoms with E-state index in [1.165, 1.54) is 5.56 Å². The molecule has 0 aliphatic heterocycles. The Morgan fingerprint density at radius 2 is 1.38 bits per heavy atom. The number of hydrogen-bond acceptors (Lipinski definition) is 5. The summed E-state index contributed by atoms with van der Waals surface area (Å²) in [6, 6.07) is 16.7. The Morgan fingerprint density at radius 3 is 2.03 bits per heavy atom. The zero-order valence-electron chi connectivity index (χ0n) is 17.8. The average Bonchev–Trinajstić information content (AvgIpc) is 2.75. The van der Waals surface area contributed by atoms with E-state index in [9.17, 15) is 5.11 Å². The minimum Gasteiger partial charge on any atom is -0.399 e. The molecule has 2 aromatic rings. The smallest absolute Gasteiger partial charge is 0.0578 e. The van der Waals surface area contributed by atoms with Crippen molar-refractivity contribution in [3.8, 4) is 0 Å². The average molecular weight is 400 g/mol. The first-order valence-corrected chi connectivity index (χ1v) is 10.9. The Bertz CT molecular complexity index is 694. The standard InChI is InChI=1S/C24H37N3O2/c1-2-11-21-20-23(14-15-24(21)25)27(17-8-10-19-29)26(16-7-4-9-18-28)22-12-5-3-6-13-22/h3,5-6,12-15,20,28-29H,2,4,7-11,16-19,25H2,1H3. The first kappa shape index (κ1) is 23.0. The van der Waals surface area contributed by atoms with Gasteiger partial charge in [-0.2, -0.15) is 0 Å². The Kier molecular flexibility index (Phi) is 10.4. The van der Waals surface area contributed by atoms with Crippen LogP contribution in [0.15, 0.2) is 48.5 Å². The summed E-state index contributed by atoms with van der Waals surface area (Å²) in [6.07, 6.45) is 6.53. The zero-order valence-corrected chi connectivity index (χ0v) is 17.8. The maximum absolute atomic E-state index is 9.28. The maximum atomic E-state index is 9.28. The maximum Gasteiger partial charge on any atom is 0.0578 e. The number of para-hydroxylation sites is 1. The molecule has 0 heterocycles. The fraction of sp³-hybridized carbons (Fsp3) is 0.500. The molecule has 5 nitrogen and oxygen atoms in total. The quantitative estimate of drug-likeness (QED) is 0.250. The Balaban J connectivity index is 2.34. The van der Waals surface area contributed by atoms with E-state index < -0.39 is 0 Å². The zero-order chi connectivity index (χ0) is 20.9. The molecule has 29 heavy (non-hydrogen) atoms. The second-order valence-electron chi connectivity index (χ2n) is 7.43. The second kappa shape index (κ2) is 13.1. The van der Waals surface area contributed by atoms with Crippen molar-refractivity contribution in [1.29, 1.82) is 0 Å². The van der Waals surface area contributed by atoms with Crippen LogP contribution in [0, 0.1) is 0 Å². The summed E-state index contributed by atoms with van der Waals surface area (Å²) in [5.41, 5.74) is 10.5. The molecule has 0 aliphatic rings. The fourth-order valence-electron chi connectivity index (χ4n) is 3.54. The number of anilines is 3. The monoisotopic (exact) mass is 399 g/mol. The Hall–Kier alpha value is -2.24. The van der Waals surface area contributed by atoms with Gasteiger partial charge >= 0.3 is 0 Å². The van der Waals surface area contributed by atoms with Gasteiger partial charge in [0.15, 0.2) is 0 Å². The summed E-state index contributed by atoms with van der Waals surface area (Å²) in [7, 11) is 0. The van der Waals surface area contributed by atoms with Crippen molar-refractivity contribution >= 4 is 17.1 Å². The lowest BCUT2D eigenvalue weighted by molar-refractivity contribution is 0.283. The molecule has 0 saturated carbocycles. The van der Waals surface area contributed by atoms with Crippen LogP contribution in [0.2, 0.25) is 0 Å². The van der Waals surface area contributed by atoms with E-state index >= 15 is 0 Å². The minimum atomic E-state index is 0.207. The molecule has 2 aromatic carbocycles. The van der Waals surface area contributed by atoms with Crippen molar-refractivity contribution in [2.24, 2.45) is 0 Å². The molecule has 5 heteroatoms. The normalized spacial score (nSPS) is 10.9. The minimum absolute atomic E-state index is 0.207. The molecule has 0 saturated heterocycles. The highest BCUT2D eigenvalue weighted by molar-refractivity contribution is 5.63. The van der Waals surface area contributed by atoms with Gasteiger partial charge < -0.3 is 15.9 Å². The number of hydrogen-bond donors (Lipinski definition) is 3. The number of unbranched alkanes of at least 4 members (excludes halogenated alkanes) is 3. The van der Waals surface area contributed by atoms with Crippen molar-refractivity contribution in [3.63, 3.8) is 0 Å². The van der Waals surface area contributed by atoms with Crippen LogP contribution < -0.4 is 15.8 Å². The van der Waals surface area contributed by atoms with E-state index in [0.717, 1.165) is 75.1 Å². The number of nitrogens with two attached hydrogens (primary N) is 1. The molecule has 0 amide bonds. The molecule has 0 bridgehead atoms. The lowest BCUT2D eigenvalue weighted by Gasteiger charge is -2.39. The number of rotatable bonds is 14. The van der Waals surface area contributed by atoms with Gasteiger partial charge in [-0.3, -0.25) is 10.0 Å². The van der Waals surface area contributed by atoms with E-state index in [-0.39, 0.29) is 13.2 Å². The van der Waals surface area contributed by atoms with E-state index in [1.54, 1.807) is 0 Å². The number of hydrazine groups is 1. The summed E-state index contributed by atoms with van der Waals surface area (Å²) >= 11 is 0. The van der Waals surface area contributed by atoms with Crippen molar-refractivity contribution in [3.05, 3.63) is 54.1 Å². The number of aliphatic hydroxyl groups excluding tert-OH is 2. The van der Waals surface area contributed by atoms with Crippen LogP contribution in [0.3, 0.4) is 0 Å². The summed E-state index contributed by atoms with van der Waals surface area (Å²) < 4.78 is 0. The first-order valence-electron chi connectivity index (χ1n) is 10.9. The van der Waals surface area contributed by atoms with Crippen LogP contribution in [0.4, 0.5) is 17.1 Å². The number of benzene rings is 2. The predicted octanol–water partition coefficient (Wildman–Crippen LogP) is 4.38. The molecule has 2 rings (SSSR count).